The molecule has 0 heteroatoms. The molecular formula is C70H58. The zero-order valence-electron chi connectivity index (χ0n) is 41.1. The normalized spacial score (nSPS) is 14.0. The van der Waals surface area contributed by atoms with Gasteiger partial charge in [0.05, 0.1) is 0 Å². The van der Waals surface area contributed by atoms with E-state index in [-0.39, 0.29) is 10.8 Å². The first-order valence-corrected chi connectivity index (χ1v) is 25.7. The van der Waals surface area contributed by atoms with Crippen LogP contribution >= 0.6 is 0 Å². The van der Waals surface area contributed by atoms with Crippen LogP contribution in [0.4, 0.5) is 0 Å². The first-order chi connectivity index (χ1) is 34.2. The van der Waals surface area contributed by atoms with Crippen molar-refractivity contribution in [3.05, 3.63) is 228 Å². The van der Waals surface area contributed by atoms with E-state index in [1.54, 1.807) is 0 Å². The van der Waals surface area contributed by atoms with Gasteiger partial charge in [0.25, 0.3) is 0 Å². The minimum absolute atomic E-state index is 0.0381. The molecule has 0 bridgehead atoms. The van der Waals surface area contributed by atoms with Crippen LogP contribution in [0.1, 0.15) is 88.1 Å². The van der Waals surface area contributed by atoms with Gasteiger partial charge >= 0.3 is 0 Å². The van der Waals surface area contributed by atoms with E-state index < -0.39 is 0 Å². The predicted molar refractivity (Wildman–Crippen MR) is 301 cm³/mol. The molecule has 2 aliphatic carbocycles. The van der Waals surface area contributed by atoms with Gasteiger partial charge < -0.3 is 0 Å². The fourth-order valence-corrected chi connectivity index (χ4v) is 13.0. The highest BCUT2D eigenvalue weighted by molar-refractivity contribution is 6.30. The molecule has 0 nitrogen and oxygen atoms in total. The van der Waals surface area contributed by atoms with Crippen molar-refractivity contribution >= 4 is 43.1 Å². The standard InChI is InChI=1S/C70H58/c1-6-7-8-9-20-44-31-33-45(34-32-44)65-53-22-10-14-26-57(53)67(58-27-15-11-23-54(58)65)68-59-28-16-12-24-55(59)66(56-25-13-17-29-60(56)68)48-37-40-52-51-39-36-47(42-63(51)70(4,5)64(52)43-48)46-35-38-50-49-21-18-19-30-61(49)69(2,3)62(50)41-46/h10-19,21-43H,6-9,20H2,1-5H3. The van der Waals surface area contributed by atoms with Crippen LogP contribution in [0.15, 0.2) is 200 Å². The van der Waals surface area contributed by atoms with Gasteiger partial charge in [0.1, 0.15) is 0 Å². The molecule has 0 aliphatic heterocycles. The summed E-state index contributed by atoms with van der Waals surface area (Å²) in [7, 11) is 0. The Kier molecular flexibility index (Phi) is 9.90. The quantitative estimate of drug-likeness (QED) is 0.100. The third kappa shape index (κ3) is 6.42. The molecule has 0 saturated heterocycles. The van der Waals surface area contributed by atoms with E-state index in [4.69, 9.17) is 0 Å². The summed E-state index contributed by atoms with van der Waals surface area (Å²) < 4.78 is 0. The summed E-state index contributed by atoms with van der Waals surface area (Å²) in [6.07, 6.45) is 6.26. The maximum Gasteiger partial charge on any atom is 0.0159 e. The van der Waals surface area contributed by atoms with Crippen molar-refractivity contribution in [1.82, 2.24) is 0 Å². The highest BCUT2D eigenvalue weighted by Crippen LogP contribution is 2.55. The number of hydrogen-bond acceptors (Lipinski definition) is 0. The molecule has 0 fully saturated rings. The lowest BCUT2D eigenvalue weighted by Gasteiger charge is -2.24. The lowest BCUT2D eigenvalue weighted by Crippen LogP contribution is -2.15. The number of rotatable bonds is 9. The van der Waals surface area contributed by atoms with E-state index >= 15 is 0 Å². The molecule has 11 aromatic rings. The van der Waals surface area contributed by atoms with Crippen molar-refractivity contribution in [2.75, 3.05) is 0 Å². The number of benzene rings is 11. The topological polar surface area (TPSA) is 0 Å². The van der Waals surface area contributed by atoms with Gasteiger partial charge in [-0.3, -0.25) is 0 Å². The Balaban J connectivity index is 0.944. The van der Waals surface area contributed by atoms with Crippen LogP contribution in [0, 0.1) is 0 Å². The van der Waals surface area contributed by atoms with E-state index in [0.717, 1.165) is 6.42 Å². The average molecular weight is 899 g/mol. The van der Waals surface area contributed by atoms with Crippen LogP contribution < -0.4 is 0 Å². The summed E-state index contributed by atoms with van der Waals surface area (Å²) in [6.45, 7) is 11.9. The Bertz CT molecular complexity index is 3800. The summed E-state index contributed by atoms with van der Waals surface area (Å²) in [4.78, 5) is 0. The Morgan fingerprint density at radius 1 is 0.286 bits per heavy atom. The van der Waals surface area contributed by atoms with Crippen molar-refractivity contribution in [2.24, 2.45) is 0 Å². The second kappa shape index (κ2) is 16.3. The van der Waals surface area contributed by atoms with Gasteiger partial charge in [-0.15, -0.1) is 0 Å². The monoisotopic (exact) mass is 898 g/mol. The third-order valence-corrected chi connectivity index (χ3v) is 16.6. The zero-order valence-corrected chi connectivity index (χ0v) is 41.1. The summed E-state index contributed by atoms with van der Waals surface area (Å²) in [5.74, 6) is 0. The van der Waals surface area contributed by atoms with E-state index in [1.807, 2.05) is 0 Å². The smallest absolute Gasteiger partial charge is 0.0159 e. The highest BCUT2D eigenvalue weighted by Gasteiger charge is 2.38. The molecule has 2 aliphatic rings. The van der Waals surface area contributed by atoms with E-state index in [0.29, 0.717) is 0 Å². The molecule has 70 heavy (non-hydrogen) atoms. The zero-order chi connectivity index (χ0) is 47.3. The van der Waals surface area contributed by atoms with Crippen LogP contribution in [-0.4, -0.2) is 0 Å². The first kappa shape index (κ1) is 42.6. The summed E-state index contributed by atoms with van der Waals surface area (Å²) in [5, 5.41) is 10.3. The second-order valence-electron chi connectivity index (χ2n) is 21.3. The summed E-state index contributed by atoms with van der Waals surface area (Å²) >= 11 is 0. The lowest BCUT2D eigenvalue weighted by atomic mass is 9.79. The Morgan fingerprint density at radius 3 is 1.09 bits per heavy atom. The second-order valence-corrected chi connectivity index (χ2v) is 21.3. The van der Waals surface area contributed by atoms with Crippen LogP contribution in [0.2, 0.25) is 0 Å². The number of aryl methyl sites for hydroxylation is 1. The molecule has 0 N–H and O–H groups in total. The minimum Gasteiger partial charge on any atom is -0.0654 e. The maximum atomic E-state index is 2.52. The predicted octanol–water partition coefficient (Wildman–Crippen LogP) is 19.7. The SMILES string of the molecule is CCCCCCc1ccc(-c2c3ccccc3c(-c3c4ccccc4c(-c4ccc5c(c4)C(C)(C)c4cc(-c6ccc7c(c6)C(C)(C)c6ccccc6-7)ccc4-5)c4ccccc34)c3ccccc23)cc1. The lowest BCUT2D eigenvalue weighted by molar-refractivity contribution is 0.659. The fraction of sp³-hybridized carbons (Fsp3) is 0.171. The van der Waals surface area contributed by atoms with Gasteiger partial charge in [-0.2, -0.15) is 0 Å². The van der Waals surface area contributed by atoms with E-state index in [1.165, 1.54) is 163 Å². The summed E-state index contributed by atoms with van der Waals surface area (Å²) in [5.41, 5.74) is 22.5. The van der Waals surface area contributed by atoms with Crippen LogP contribution in [-0.2, 0) is 17.3 Å². The van der Waals surface area contributed by atoms with Crippen molar-refractivity contribution in [2.45, 2.75) is 77.6 Å². The van der Waals surface area contributed by atoms with E-state index in [2.05, 4.69) is 235 Å². The van der Waals surface area contributed by atoms with Gasteiger partial charge in [0.15, 0.2) is 0 Å². The largest absolute Gasteiger partial charge is 0.0654 e. The molecule has 0 atom stereocenters. The Labute approximate surface area is 413 Å². The van der Waals surface area contributed by atoms with Crippen molar-refractivity contribution < 1.29 is 0 Å². The Morgan fingerprint density at radius 2 is 0.629 bits per heavy atom. The average Bonchev–Trinajstić information content (AvgIpc) is 3.77. The molecule has 0 heterocycles. The minimum atomic E-state index is -0.191. The highest BCUT2D eigenvalue weighted by atomic mass is 14.4. The van der Waals surface area contributed by atoms with Gasteiger partial charge in [-0.05, 0) is 169 Å². The van der Waals surface area contributed by atoms with Gasteiger partial charge in [0, 0.05) is 10.8 Å². The molecule has 0 unspecified atom stereocenters. The molecule has 0 amide bonds. The summed E-state index contributed by atoms with van der Waals surface area (Å²) in [6, 6.07) is 76.7. The van der Waals surface area contributed by atoms with Crippen LogP contribution in [0.5, 0.6) is 0 Å². The molecule has 13 rings (SSSR count). The fourth-order valence-electron chi connectivity index (χ4n) is 13.0. The van der Waals surface area contributed by atoms with Crippen LogP contribution in [0.25, 0.3) is 110 Å². The van der Waals surface area contributed by atoms with E-state index in [9.17, 15) is 0 Å². The van der Waals surface area contributed by atoms with Crippen molar-refractivity contribution in [1.29, 1.82) is 0 Å². The Hall–Kier alpha value is -7.54. The molecule has 0 saturated carbocycles. The van der Waals surface area contributed by atoms with Gasteiger partial charge in [0.2, 0.25) is 0 Å². The molecule has 0 radical (unpaired) electrons. The number of hydrogen-bond donors (Lipinski definition) is 0. The molecular weight excluding hydrogens is 841 g/mol. The third-order valence-electron chi connectivity index (χ3n) is 16.6. The molecule has 0 aromatic heterocycles. The van der Waals surface area contributed by atoms with Crippen molar-refractivity contribution in [3.63, 3.8) is 0 Å². The molecule has 338 valence electrons. The van der Waals surface area contributed by atoms with Gasteiger partial charge in [-0.25, -0.2) is 0 Å². The first-order valence-electron chi connectivity index (χ1n) is 25.7. The number of unbranched alkanes of at least 4 members (excludes halogenated alkanes) is 3. The molecule has 0 spiro atoms. The van der Waals surface area contributed by atoms with Crippen LogP contribution in [0.3, 0.4) is 0 Å². The number of fused-ring (bicyclic) bond motifs is 10. The van der Waals surface area contributed by atoms with Crippen molar-refractivity contribution in [3.8, 4) is 66.8 Å². The maximum absolute atomic E-state index is 2.52. The molecule has 11 aromatic carbocycles. The van der Waals surface area contributed by atoms with Gasteiger partial charge in [-0.1, -0.05) is 236 Å².